The van der Waals surface area contributed by atoms with E-state index in [9.17, 15) is 0 Å². The van der Waals surface area contributed by atoms with Crippen molar-refractivity contribution >= 4 is 8.80 Å². The van der Waals surface area contributed by atoms with Crippen molar-refractivity contribution < 1.29 is 13.3 Å². The van der Waals surface area contributed by atoms with E-state index >= 15 is 0 Å². The molecule has 0 atom stereocenters. The maximum atomic E-state index is 5.24. The van der Waals surface area contributed by atoms with Crippen molar-refractivity contribution in [1.29, 1.82) is 0 Å². The molecule has 3 nitrogen and oxygen atoms in total. The lowest BCUT2D eigenvalue weighted by molar-refractivity contribution is 0.0548. The molecular formula is C14H28O3Si. The summed E-state index contributed by atoms with van der Waals surface area (Å²) in [6.07, 6.45) is 10.1. The van der Waals surface area contributed by atoms with Crippen LogP contribution in [0.5, 0.6) is 0 Å². The van der Waals surface area contributed by atoms with Crippen molar-refractivity contribution in [1.82, 2.24) is 0 Å². The molecule has 0 aromatic heterocycles. The molecule has 0 amide bonds. The Morgan fingerprint density at radius 2 is 1.44 bits per heavy atom. The van der Waals surface area contributed by atoms with Gasteiger partial charge in [-0.15, -0.1) is 6.58 Å². The fraction of sp³-hybridized carbons (Fsp3) is 0.857. The second kappa shape index (κ2) is 8.10. The van der Waals surface area contributed by atoms with Crippen molar-refractivity contribution in [2.45, 2.75) is 44.6 Å². The second-order valence-corrected chi connectivity index (χ2v) is 8.24. The summed E-state index contributed by atoms with van der Waals surface area (Å²) in [4.78, 5) is 0. The normalized spacial score (nSPS) is 25.1. The Hall–Kier alpha value is -0.163. The van der Waals surface area contributed by atoms with Gasteiger partial charge in [-0.2, -0.15) is 0 Å². The van der Waals surface area contributed by atoms with Gasteiger partial charge in [-0.3, -0.25) is 0 Å². The monoisotopic (exact) mass is 272 g/mol. The predicted molar refractivity (Wildman–Crippen MR) is 76.5 cm³/mol. The summed E-state index contributed by atoms with van der Waals surface area (Å²) < 4.78 is 15.7. The van der Waals surface area contributed by atoms with Crippen LogP contribution in [0, 0.1) is 11.8 Å². The molecule has 2 aliphatic carbocycles. The van der Waals surface area contributed by atoms with E-state index in [1.54, 1.807) is 47.0 Å². The van der Waals surface area contributed by atoms with E-state index in [4.69, 9.17) is 13.3 Å². The Bertz CT molecular complexity index is 215. The van der Waals surface area contributed by atoms with Crippen molar-refractivity contribution in [3.8, 4) is 0 Å². The summed E-state index contributed by atoms with van der Waals surface area (Å²) in [5.74, 6) is 2.43. The summed E-state index contributed by atoms with van der Waals surface area (Å²) in [7, 11) is 2.59. The minimum atomic E-state index is -2.30. The molecule has 0 spiro atoms. The molecule has 2 saturated carbocycles. The van der Waals surface area contributed by atoms with E-state index in [2.05, 4.69) is 6.58 Å². The van der Waals surface area contributed by atoms with Crippen LogP contribution < -0.4 is 0 Å². The molecule has 2 fully saturated rings. The van der Waals surface area contributed by atoms with Crippen LogP contribution in [0.2, 0.25) is 6.04 Å². The largest absolute Gasteiger partial charge is 0.500 e. The molecule has 0 N–H and O–H groups in total. The van der Waals surface area contributed by atoms with Gasteiger partial charge in [-0.05, 0) is 50.4 Å². The highest BCUT2D eigenvalue weighted by atomic mass is 28.4. The van der Waals surface area contributed by atoms with E-state index in [1.165, 1.54) is 11.8 Å². The second-order valence-electron chi connectivity index (χ2n) is 5.15. The van der Waals surface area contributed by atoms with Gasteiger partial charge < -0.3 is 13.3 Å². The molecule has 0 aromatic carbocycles. The molecule has 0 aliphatic heterocycles. The third-order valence-electron chi connectivity index (χ3n) is 4.31. The highest BCUT2D eigenvalue weighted by Gasteiger charge is 2.38. The van der Waals surface area contributed by atoms with E-state index in [1.807, 2.05) is 6.08 Å². The molecule has 0 aromatic rings. The van der Waals surface area contributed by atoms with Crippen LogP contribution in [0.1, 0.15) is 38.5 Å². The van der Waals surface area contributed by atoms with Crippen molar-refractivity contribution in [2.24, 2.45) is 11.8 Å². The Balaban J connectivity index is 0.000000217. The molecule has 2 aliphatic rings. The molecule has 0 bridgehead atoms. The minimum Gasteiger partial charge on any atom is -0.377 e. The minimum absolute atomic E-state index is 0.850. The number of allylic oxidation sites excluding steroid dienone is 1. The van der Waals surface area contributed by atoms with E-state index in [0.717, 1.165) is 18.9 Å². The average molecular weight is 272 g/mol. The average Bonchev–Trinajstić information content (AvgIpc) is 2.40. The number of hydrogen-bond acceptors (Lipinski definition) is 3. The maximum Gasteiger partial charge on any atom is 0.500 e. The molecule has 18 heavy (non-hydrogen) atoms. The van der Waals surface area contributed by atoms with Crippen LogP contribution in [0.3, 0.4) is 0 Å². The zero-order valence-corrected chi connectivity index (χ0v) is 13.1. The fourth-order valence-corrected chi connectivity index (χ4v) is 4.33. The predicted octanol–water partition coefficient (Wildman–Crippen LogP) is 3.64. The molecule has 4 heteroatoms. The molecule has 0 radical (unpaired) electrons. The van der Waals surface area contributed by atoms with Crippen LogP contribution in [-0.4, -0.2) is 30.1 Å². The van der Waals surface area contributed by atoms with Crippen LogP contribution in [-0.2, 0) is 13.3 Å². The summed E-state index contributed by atoms with van der Waals surface area (Å²) in [6, 6.07) is 0.850. The first-order valence-corrected chi connectivity index (χ1v) is 8.91. The Labute approximate surface area is 113 Å². The summed E-state index contributed by atoms with van der Waals surface area (Å²) in [5.41, 5.74) is 0. The molecule has 0 saturated heterocycles. The van der Waals surface area contributed by atoms with Gasteiger partial charge in [0.15, 0.2) is 0 Å². The van der Waals surface area contributed by atoms with Crippen LogP contribution in [0.4, 0.5) is 0 Å². The zero-order valence-electron chi connectivity index (χ0n) is 12.1. The summed E-state index contributed by atoms with van der Waals surface area (Å²) in [6.45, 7) is 3.65. The first kappa shape index (κ1) is 15.9. The van der Waals surface area contributed by atoms with Gasteiger partial charge in [0.1, 0.15) is 0 Å². The lowest BCUT2D eigenvalue weighted by atomic mass is 9.60. The number of rotatable bonds is 7. The summed E-state index contributed by atoms with van der Waals surface area (Å²) >= 11 is 0. The fourth-order valence-electron chi connectivity index (χ4n) is 2.58. The number of fused-ring (bicyclic) bond motifs is 1. The molecule has 0 heterocycles. The molecular weight excluding hydrogens is 244 g/mol. The van der Waals surface area contributed by atoms with Gasteiger partial charge in [0, 0.05) is 27.4 Å². The van der Waals surface area contributed by atoms with Crippen molar-refractivity contribution in [3.05, 3.63) is 12.7 Å². The molecule has 0 unspecified atom stereocenters. The highest BCUT2D eigenvalue weighted by molar-refractivity contribution is 6.60. The Morgan fingerprint density at radius 3 is 1.67 bits per heavy atom. The van der Waals surface area contributed by atoms with E-state index in [-0.39, 0.29) is 0 Å². The third kappa shape index (κ3) is 4.19. The zero-order chi connectivity index (χ0) is 13.4. The Kier molecular flexibility index (Phi) is 7.15. The number of hydrogen-bond donors (Lipinski definition) is 0. The molecule has 2 rings (SSSR count). The Morgan fingerprint density at radius 1 is 1.00 bits per heavy atom. The first-order chi connectivity index (χ1) is 8.71. The lowest BCUT2D eigenvalue weighted by Crippen LogP contribution is -2.42. The first-order valence-electron chi connectivity index (χ1n) is 6.97. The van der Waals surface area contributed by atoms with E-state index in [0.29, 0.717) is 0 Å². The third-order valence-corrected chi connectivity index (χ3v) is 7.14. The van der Waals surface area contributed by atoms with E-state index < -0.39 is 8.80 Å². The number of unbranched alkanes of at least 4 members (excludes halogenated alkanes) is 1. The van der Waals surface area contributed by atoms with Gasteiger partial charge in [-0.25, -0.2) is 0 Å². The summed E-state index contributed by atoms with van der Waals surface area (Å²) in [5, 5.41) is 0. The van der Waals surface area contributed by atoms with Crippen molar-refractivity contribution in [3.63, 3.8) is 0 Å². The lowest BCUT2D eigenvalue weighted by Gasteiger charge is -2.46. The van der Waals surface area contributed by atoms with Gasteiger partial charge >= 0.3 is 8.80 Å². The standard InChI is InChI=1S/C8H18O3Si.C6H10/c1-5-6-7-8-12(9-2,10-3)11-4;1-2-6-4-3-5(1)6/h5H,1,6-8H2,2-4H3;5-6H,1-4H2. The smallest absolute Gasteiger partial charge is 0.377 e. The molecule has 106 valence electrons. The van der Waals surface area contributed by atoms with Gasteiger partial charge in [0.25, 0.3) is 0 Å². The highest BCUT2D eigenvalue weighted by Crippen LogP contribution is 2.49. The maximum absolute atomic E-state index is 5.24. The van der Waals surface area contributed by atoms with Crippen LogP contribution >= 0.6 is 0 Å². The van der Waals surface area contributed by atoms with Crippen LogP contribution in [0.25, 0.3) is 0 Å². The SMILES string of the molecule is C1CC2CCC12.C=CCCC[Si](OC)(OC)OC. The van der Waals surface area contributed by atoms with Gasteiger partial charge in [-0.1, -0.05) is 6.08 Å². The van der Waals surface area contributed by atoms with Gasteiger partial charge in [0.05, 0.1) is 0 Å². The topological polar surface area (TPSA) is 27.7 Å². The van der Waals surface area contributed by atoms with Crippen LogP contribution in [0.15, 0.2) is 12.7 Å². The van der Waals surface area contributed by atoms with Gasteiger partial charge in [0.2, 0.25) is 0 Å². The quantitative estimate of drug-likeness (QED) is 0.402. The van der Waals surface area contributed by atoms with Crippen molar-refractivity contribution in [2.75, 3.05) is 21.3 Å².